The number of fused-ring (bicyclic) bond motifs is 2. The number of benzene rings is 1. The average molecular weight is 826 g/mol. The van der Waals surface area contributed by atoms with E-state index in [0.29, 0.717) is 32.4 Å². The Hall–Kier alpha value is -3.24. The predicted molar refractivity (Wildman–Crippen MR) is 225 cm³/mol. The summed E-state index contributed by atoms with van der Waals surface area (Å²) in [5.74, 6) is -3.51. The van der Waals surface area contributed by atoms with Gasteiger partial charge in [-0.1, -0.05) is 52.8 Å². The molecule has 2 aromatic rings. The number of aliphatic hydroxyl groups is 1. The molecular weight excluding hydrogens is 755 g/mol. The number of ether oxygens (including phenoxy) is 5. The summed E-state index contributed by atoms with van der Waals surface area (Å²) in [6.07, 6.45) is 0.0821. The van der Waals surface area contributed by atoms with Crippen molar-refractivity contribution < 1.29 is 43.2 Å². The number of pyridine rings is 1. The largest absolute Gasteiger partial charge is 0.458 e. The van der Waals surface area contributed by atoms with Crippen molar-refractivity contribution in [2.45, 2.75) is 154 Å². The molecule has 3 aliphatic heterocycles. The molecule has 4 heterocycles. The highest BCUT2D eigenvalue weighted by Gasteiger charge is 2.60. The van der Waals surface area contributed by atoms with E-state index in [1.807, 2.05) is 84.1 Å². The second-order valence-corrected chi connectivity index (χ2v) is 17.9. The van der Waals surface area contributed by atoms with Crippen molar-refractivity contribution in [2.24, 2.45) is 23.7 Å². The number of hydrogen-bond acceptors (Lipinski definition) is 13. The van der Waals surface area contributed by atoms with E-state index in [4.69, 9.17) is 23.7 Å². The molecule has 59 heavy (non-hydrogen) atoms. The van der Waals surface area contributed by atoms with Gasteiger partial charge < -0.3 is 39.0 Å². The summed E-state index contributed by atoms with van der Waals surface area (Å²) in [5, 5.41) is 18.0. The Bertz CT molecular complexity index is 1740. The molecule has 3 saturated heterocycles. The van der Waals surface area contributed by atoms with Crippen molar-refractivity contribution in [1.29, 1.82) is 0 Å². The SMILES string of the molecule is CCNC1[C@H](C)C[C@](C)(OC)[C@H](O[C@@H]2O[C@H](C)C[C@H](N(C)C)[C@H]2O)[C@@H](C)C(=O)[C@@H](C)C(=O)O[C@H](CC)[C@@]2(C)OC(=O)N(NCCCc3ccnc4ccccc34)[C@@H]2[C@H]1C. The standard InChI is InChI=1S/C45H71N5O9/c1-13-35-45(9)39(50(43(54)59-45)48-22-17-18-31-21-23-47-33-20-16-15-19-32(31)33)28(5)36(46-14-2)26(3)25-44(8,55-12)40(29(6)37(51)30(7)41(53)57-35)58-42-38(52)34(49(10)11)24-27(4)56-42/h15-16,19-21,23,26-30,34-36,38-40,42,46,48,52H,13-14,17-18,22,24-25H2,1-12H3/t26-,27-,28+,29+,30-,34+,35-,36?,38-,39-,40-,42+,44+,45-/m1/s1. The third-order valence-electron chi connectivity index (χ3n) is 13.4. The zero-order valence-electron chi connectivity index (χ0n) is 37.4. The smallest absolute Gasteiger partial charge is 0.425 e. The number of esters is 1. The normalized spacial score (nSPS) is 37.6. The van der Waals surface area contributed by atoms with Crippen molar-refractivity contribution in [2.75, 3.05) is 34.3 Å². The first-order chi connectivity index (χ1) is 27.9. The minimum Gasteiger partial charge on any atom is -0.458 e. The second kappa shape index (κ2) is 19.6. The van der Waals surface area contributed by atoms with Gasteiger partial charge in [-0.3, -0.25) is 14.6 Å². The Morgan fingerprint density at radius 1 is 1.05 bits per heavy atom. The molecule has 1 aromatic carbocycles. The molecule has 330 valence electrons. The molecule has 5 rings (SSSR count). The number of nitrogens with zero attached hydrogens (tertiary/aromatic N) is 3. The van der Waals surface area contributed by atoms with Crippen LogP contribution in [0.1, 0.15) is 93.6 Å². The lowest BCUT2D eigenvalue weighted by Crippen LogP contribution is -2.63. The molecule has 0 saturated carbocycles. The number of nitrogens with one attached hydrogen (secondary N) is 2. The van der Waals surface area contributed by atoms with E-state index in [2.05, 4.69) is 35.6 Å². The third-order valence-corrected chi connectivity index (χ3v) is 13.4. The Morgan fingerprint density at radius 2 is 1.76 bits per heavy atom. The summed E-state index contributed by atoms with van der Waals surface area (Å²) in [5.41, 5.74) is 3.17. The van der Waals surface area contributed by atoms with E-state index in [1.54, 1.807) is 26.0 Å². The van der Waals surface area contributed by atoms with Crippen LogP contribution in [0, 0.1) is 23.7 Å². The van der Waals surface area contributed by atoms with Crippen molar-refractivity contribution in [3.8, 4) is 0 Å². The maximum Gasteiger partial charge on any atom is 0.425 e. The number of methoxy groups -OCH3 is 1. The highest BCUT2D eigenvalue weighted by atomic mass is 16.7. The lowest BCUT2D eigenvalue weighted by atomic mass is 9.71. The van der Waals surface area contributed by atoms with Gasteiger partial charge in [0.2, 0.25) is 0 Å². The number of likely N-dealkylation sites (N-methyl/N-ethyl adjacent to an activating group) is 1. The van der Waals surface area contributed by atoms with Gasteiger partial charge in [-0.25, -0.2) is 15.2 Å². The predicted octanol–water partition coefficient (Wildman–Crippen LogP) is 5.28. The zero-order valence-corrected chi connectivity index (χ0v) is 37.4. The molecule has 0 aliphatic carbocycles. The number of aliphatic hydroxyl groups excluding tert-OH is 1. The number of cyclic esters (lactones) is 1. The van der Waals surface area contributed by atoms with Crippen molar-refractivity contribution in [3.05, 3.63) is 42.1 Å². The second-order valence-electron chi connectivity index (χ2n) is 17.9. The molecule has 1 amide bonds. The van der Waals surface area contributed by atoms with Crippen LogP contribution >= 0.6 is 0 Å². The van der Waals surface area contributed by atoms with Gasteiger partial charge in [0.1, 0.15) is 18.1 Å². The fourth-order valence-corrected chi connectivity index (χ4v) is 10.2. The molecule has 1 aromatic heterocycles. The molecule has 1 unspecified atom stereocenters. The van der Waals surface area contributed by atoms with Crippen LogP contribution in [0.15, 0.2) is 36.5 Å². The third kappa shape index (κ3) is 9.79. The summed E-state index contributed by atoms with van der Waals surface area (Å²) >= 11 is 0. The van der Waals surface area contributed by atoms with Crippen LogP contribution in [0.4, 0.5) is 4.79 Å². The summed E-state index contributed by atoms with van der Waals surface area (Å²) in [6, 6.07) is 9.06. The van der Waals surface area contributed by atoms with E-state index < -0.39 is 71.5 Å². The van der Waals surface area contributed by atoms with Crippen LogP contribution in [0.2, 0.25) is 0 Å². The van der Waals surface area contributed by atoms with E-state index in [1.165, 1.54) is 5.56 Å². The van der Waals surface area contributed by atoms with E-state index in [0.717, 1.165) is 23.7 Å². The monoisotopic (exact) mass is 826 g/mol. The Morgan fingerprint density at radius 3 is 2.42 bits per heavy atom. The maximum absolute atomic E-state index is 14.5. The number of para-hydroxylation sites is 1. The van der Waals surface area contributed by atoms with Gasteiger partial charge in [0.15, 0.2) is 17.7 Å². The topological polar surface area (TPSA) is 161 Å². The van der Waals surface area contributed by atoms with Crippen LogP contribution in [0.3, 0.4) is 0 Å². The number of ketones is 1. The first kappa shape index (κ1) is 46.8. The summed E-state index contributed by atoms with van der Waals surface area (Å²) in [4.78, 5) is 49.1. The number of rotatable bonds is 12. The van der Waals surface area contributed by atoms with Crippen LogP contribution in [0.5, 0.6) is 0 Å². The highest BCUT2D eigenvalue weighted by Crippen LogP contribution is 2.43. The van der Waals surface area contributed by atoms with Gasteiger partial charge >= 0.3 is 12.1 Å². The van der Waals surface area contributed by atoms with Gasteiger partial charge in [-0.15, -0.1) is 0 Å². The molecule has 0 radical (unpaired) electrons. The van der Waals surface area contributed by atoms with Crippen molar-refractivity contribution >= 4 is 28.7 Å². The first-order valence-corrected chi connectivity index (χ1v) is 21.7. The number of aryl methyl sites for hydroxylation is 1. The number of aromatic nitrogens is 1. The minimum absolute atomic E-state index is 0.112. The van der Waals surface area contributed by atoms with Gasteiger partial charge in [0.05, 0.1) is 29.4 Å². The van der Waals surface area contributed by atoms with E-state index >= 15 is 0 Å². The fourth-order valence-electron chi connectivity index (χ4n) is 10.2. The Balaban J connectivity index is 1.51. The fraction of sp³-hybridized carbons (Fsp3) is 0.733. The van der Waals surface area contributed by atoms with Gasteiger partial charge in [0.25, 0.3) is 0 Å². The Labute approximate surface area is 351 Å². The number of carbonyl (C=O) groups is 3. The molecule has 14 heteroatoms. The summed E-state index contributed by atoms with van der Waals surface area (Å²) in [7, 11) is 5.42. The van der Waals surface area contributed by atoms with Crippen LogP contribution < -0.4 is 10.7 Å². The molecule has 3 aliphatic rings. The molecular formula is C45H71N5O9. The lowest BCUT2D eigenvalue weighted by Gasteiger charge is -2.48. The maximum atomic E-state index is 14.5. The molecule has 0 bridgehead atoms. The molecule has 14 nitrogen and oxygen atoms in total. The first-order valence-electron chi connectivity index (χ1n) is 21.7. The highest BCUT2D eigenvalue weighted by molar-refractivity contribution is 6.00. The molecule has 3 N–H and O–H groups in total. The van der Waals surface area contributed by atoms with Gasteiger partial charge in [-0.2, -0.15) is 0 Å². The number of hydrazine groups is 1. The zero-order chi connectivity index (χ0) is 43.4. The van der Waals surface area contributed by atoms with Crippen LogP contribution in [-0.2, 0) is 39.7 Å². The van der Waals surface area contributed by atoms with Crippen molar-refractivity contribution in [3.63, 3.8) is 0 Å². The van der Waals surface area contributed by atoms with Gasteiger partial charge in [-0.05, 0) is 110 Å². The Kier molecular flexibility index (Phi) is 15.6. The quantitative estimate of drug-likeness (QED) is 0.144. The van der Waals surface area contributed by atoms with Gasteiger partial charge in [0, 0.05) is 43.2 Å². The number of hydrogen-bond donors (Lipinski definition) is 3. The molecule has 3 fully saturated rings. The number of carbonyl (C=O) groups excluding carboxylic acids is 3. The van der Waals surface area contributed by atoms with Crippen molar-refractivity contribution in [1.82, 2.24) is 25.6 Å². The summed E-state index contributed by atoms with van der Waals surface area (Å²) < 4.78 is 31.9. The molecule has 0 spiro atoms. The molecule has 14 atom stereocenters. The number of amides is 1. The average Bonchev–Trinajstić information content (AvgIpc) is 3.47. The van der Waals surface area contributed by atoms with Crippen LogP contribution in [0.25, 0.3) is 10.9 Å². The van der Waals surface area contributed by atoms with E-state index in [-0.39, 0.29) is 30.0 Å². The van der Waals surface area contributed by atoms with E-state index in [9.17, 15) is 19.5 Å². The van der Waals surface area contributed by atoms with Crippen LogP contribution in [-0.4, -0.2) is 132 Å². The summed E-state index contributed by atoms with van der Waals surface area (Å²) in [6.45, 7) is 18.3. The lowest BCUT2D eigenvalue weighted by molar-refractivity contribution is -0.295. The minimum atomic E-state index is -1.27. The number of Topliss-reactive ketones (excluding diaryl/α,β-unsaturated/α-hetero) is 1.